The van der Waals surface area contributed by atoms with Crippen molar-refractivity contribution in [2.24, 2.45) is 11.1 Å². The van der Waals surface area contributed by atoms with E-state index in [9.17, 15) is 0 Å². The SMILES string of the molecule is CC(=NOCS)C(C)C. The molecule has 9 heavy (non-hydrogen) atoms. The van der Waals surface area contributed by atoms with Crippen LogP contribution in [0.15, 0.2) is 5.16 Å². The number of hydrogen-bond acceptors (Lipinski definition) is 3. The molecule has 54 valence electrons. The molecule has 0 saturated carbocycles. The molecule has 0 fully saturated rings. The third-order valence-electron chi connectivity index (χ3n) is 1.10. The standard InChI is InChI=1S/C6H13NOS/c1-5(2)6(3)7-8-4-9/h5,9H,4H2,1-3H3. The molecule has 0 heterocycles. The highest BCUT2D eigenvalue weighted by atomic mass is 32.1. The minimum Gasteiger partial charge on any atom is -0.385 e. The normalized spacial score (nSPS) is 12.3. The van der Waals surface area contributed by atoms with Crippen LogP contribution in [0.1, 0.15) is 20.8 Å². The lowest BCUT2D eigenvalue weighted by Gasteiger charge is -2.01. The second-order valence-electron chi connectivity index (χ2n) is 2.15. The van der Waals surface area contributed by atoms with Gasteiger partial charge in [0.2, 0.25) is 0 Å². The number of oxime groups is 1. The van der Waals surface area contributed by atoms with Gasteiger partial charge >= 0.3 is 0 Å². The third-order valence-corrected chi connectivity index (χ3v) is 1.22. The second kappa shape index (κ2) is 4.68. The van der Waals surface area contributed by atoms with Crippen LogP contribution in [0.25, 0.3) is 0 Å². The number of nitrogens with zero attached hydrogens (tertiary/aromatic N) is 1. The molecule has 0 aromatic rings. The Hall–Kier alpha value is -0.180. The van der Waals surface area contributed by atoms with Crippen LogP contribution in [-0.2, 0) is 4.84 Å². The largest absolute Gasteiger partial charge is 0.385 e. The minimum atomic E-state index is 0.351. The Morgan fingerprint density at radius 2 is 2.22 bits per heavy atom. The van der Waals surface area contributed by atoms with Gasteiger partial charge in [-0.05, 0) is 12.8 Å². The van der Waals surface area contributed by atoms with Gasteiger partial charge in [-0.2, -0.15) is 0 Å². The minimum absolute atomic E-state index is 0.351. The zero-order chi connectivity index (χ0) is 7.28. The first-order valence-corrected chi connectivity index (χ1v) is 3.59. The molecule has 3 heteroatoms. The molecule has 0 aliphatic heterocycles. The topological polar surface area (TPSA) is 21.6 Å². The van der Waals surface area contributed by atoms with Gasteiger partial charge in [0.15, 0.2) is 5.94 Å². The van der Waals surface area contributed by atoms with Crippen molar-refractivity contribution in [1.29, 1.82) is 0 Å². The Bertz CT molecular complexity index is 101. The predicted molar refractivity (Wildman–Crippen MR) is 42.9 cm³/mol. The lowest BCUT2D eigenvalue weighted by molar-refractivity contribution is 0.196. The van der Waals surface area contributed by atoms with Gasteiger partial charge in [0, 0.05) is 0 Å². The Morgan fingerprint density at radius 3 is 2.56 bits per heavy atom. The zero-order valence-corrected chi connectivity index (χ0v) is 6.98. The quantitative estimate of drug-likeness (QED) is 0.280. The zero-order valence-electron chi connectivity index (χ0n) is 6.09. The van der Waals surface area contributed by atoms with Crippen molar-refractivity contribution in [2.75, 3.05) is 5.94 Å². The van der Waals surface area contributed by atoms with Gasteiger partial charge in [-0.1, -0.05) is 19.0 Å². The molecule has 0 aromatic carbocycles. The lowest BCUT2D eigenvalue weighted by Crippen LogP contribution is -2.01. The summed E-state index contributed by atoms with van der Waals surface area (Å²) >= 11 is 3.83. The van der Waals surface area contributed by atoms with E-state index in [1.165, 1.54) is 0 Å². The van der Waals surface area contributed by atoms with E-state index in [0.29, 0.717) is 11.9 Å². The first-order valence-electron chi connectivity index (χ1n) is 2.95. The maximum Gasteiger partial charge on any atom is 0.160 e. The van der Waals surface area contributed by atoms with Crippen LogP contribution in [0.2, 0.25) is 0 Å². The fraction of sp³-hybridized carbons (Fsp3) is 0.833. The van der Waals surface area contributed by atoms with Crippen LogP contribution < -0.4 is 0 Å². The molecule has 0 aliphatic carbocycles. The number of hydrogen-bond donors (Lipinski definition) is 1. The molecular weight excluding hydrogens is 134 g/mol. The molecule has 0 spiro atoms. The van der Waals surface area contributed by atoms with Crippen molar-refractivity contribution < 1.29 is 4.84 Å². The fourth-order valence-corrected chi connectivity index (χ4v) is 0.294. The van der Waals surface area contributed by atoms with Crippen LogP contribution in [0.4, 0.5) is 0 Å². The van der Waals surface area contributed by atoms with E-state index in [4.69, 9.17) is 4.84 Å². The molecule has 0 atom stereocenters. The van der Waals surface area contributed by atoms with Crippen molar-refractivity contribution in [1.82, 2.24) is 0 Å². The van der Waals surface area contributed by atoms with E-state index in [-0.39, 0.29) is 0 Å². The van der Waals surface area contributed by atoms with Gasteiger partial charge in [-0.3, -0.25) is 0 Å². The smallest absolute Gasteiger partial charge is 0.160 e. The van der Waals surface area contributed by atoms with Gasteiger partial charge in [-0.15, -0.1) is 12.6 Å². The summed E-state index contributed by atoms with van der Waals surface area (Å²) in [6.45, 7) is 6.08. The van der Waals surface area contributed by atoms with Crippen LogP contribution in [0.3, 0.4) is 0 Å². The summed E-state index contributed by atoms with van der Waals surface area (Å²) in [6.07, 6.45) is 0. The molecule has 0 N–H and O–H groups in total. The Labute approximate surface area is 61.7 Å². The number of rotatable bonds is 3. The summed E-state index contributed by atoms with van der Waals surface area (Å²) in [6, 6.07) is 0. The van der Waals surface area contributed by atoms with E-state index >= 15 is 0 Å². The highest BCUT2D eigenvalue weighted by Crippen LogP contribution is 1.96. The summed E-state index contributed by atoms with van der Waals surface area (Å²) in [5.41, 5.74) is 1.00. The van der Waals surface area contributed by atoms with Gasteiger partial charge in [0.25, 0.3) is 0 Å². The lowest BCUT2D eigenvalue weighted by atomic mass is 10.1. The average Bonchev–Trinajstić information content (AvgIpc) is 1.82. The Morgan fingerprint density at radius 1 is 1.67 bits per heavy atom. The van der Waals surface area contributed by atoms with Crippen LogP contribution in [0, 0.1) is 5.92 Å². The maximum absolute atomic E-state index is 4.71. The fourth-order valence-electron chi connectivity index (χ4n) is 0.236. The van der Waals surface area contributed by atoms with Crippen LogP contribution in [-0.4, -0.2) is 11.7 Å². The van der Waals surface area contributed by atoms with Crippen molar-refractivity contribution in [3.05, 3.63) is 0 Å². The molecule has 0 unspecified atom stereocenters. The molecule has 2 nitrogen and oxygen atoms in total. The summed E-state index contributed by atoms with van der Waals surface area (Å²) in [5.74, 6) is 0.814. The first kappa shape index (κ1) is 8.82. The summed E-state index contributed by atoms with van der Waals surface area (Å²) < 4.78 is 0. The molecule has 0 radical (unpaired) electrons. The molecule has 0 aromatic heterocycles. The summed E-state index contributed by atoms with van der Waals surface area (Å²) in [4.78, 5) is 4.71. The van der Waals surface area contributed by atoms with Crippen LogP contribution >= 0.6 is 12.6 Å². The summed E-state index contributed by atoms with van der Waals surface area (Å²) in [5, 5.41) is 3.78. The predicted octanol–water partition coefficient (Wildman–Crippen LogP) is 1.92. The van der Waals surface area contributed by atoms with Gasteiger partial charge in [0.1, 0.15) is 0 Å². The van der Waals surface area contributed by atoms with Gasteiger partial charge < -0.3 is 4.84 Å². The highest BCUT2D eigenvalue weighted by Gasteiger charge is 1.96. The van der Waals surface area contributed by atoms with Crippen molar-refractivity contribution in [2.45, 2.75) is 20.8 Å². The van der Waals surface area contributed by atoms with Crippen molar-refractivity contribution in [3.63, 3.8) is 0 Å². The maximum atomic E-state index is 4.71. The average molecular weight is 147 g/mol. The first-order chi connectivity index (χ1) is 4.18. The second-order valence-corrected chi connectivity index (χ2v) is 2.40. The molecular formula is C6H13NOS. The number of thiol groups is 1. The highest BCUT2D eigenvalue weighted by molar-refractivity contribution is 7.80. The molecule has 0 amide bonds. The van der Waals surface area contributed by atoms with E-state index in [1.54, 1.807) is 0 Å². The van der Waals surface area contributed by atoms with E-state index in [2.05, 4.69) is 31.6 Å². The van der Waals surface area contributed by atoms with Gasteiger partial charge in [0.05, 0.1) is 5.71 Å². The Balaban J connectivity index is 3.55. The molecule has 0 aliphatic rings. The third kappa shape index (κ3) is 4.33. The Kier molecular flexibility index (Phi) is 4.58. The molecule has 0 rings (SSSR count). The van der Waals surface area contributed by atoms with E-state index < -0.39 is 0 Å². The van der Waals surface area contributed by atoms with E-state index in [0.717, 1.165) is 5.71 Å². The van der Waals surface area contributed by atoms with Crippen molar-refractivity contribution >= 4 is 18.3 Å². The van der Waals surface area contributed by atoms with Crippen molar-refractivity contribution in [3.8, 4) is 0 Å². The van der Waals surface area contributed by atoms with Crippen LogP contribution in [0.5, 0.6) is 0 Å². The summed E-state index contributed by atoms with van der Waals surface area (Å²) in [7, 11) is 0. The monoisotopic (exact) mass is 147 g/mol. The van der Waals surface area contributed by atoms with Gasteiger partial charge in [-0.25, -0.2) is 0 Å². The van der Waals surface area contributed by atoms with E-state index in [1.807, 2.05) is 6.92 Å². The molecule has 0 saturated heterocycles. The molecule has 0 bridgehead atoms.